The van der Waals surface area contributed by atoms with Crippen LogP contribution in [0.15, 0.2) is 18.3 Å². The Bertz CT molecular complexity index is 503. The van der Waals surface area contributed by atoms with Crippen LogP contribution < -0.4 is 10.6 Å². The lowest BCUT2D eigenvalue weighted by atomic mass is 10.2. The molecule has 1 aromatic heterocycles. The normalized spacial score (nSPS) is 22.1. The Morgan fingerprint density at radius 3 is 2.95 bits per heavy atom. The zero-order valence-corrected chi connectivity index (χ0v) is 11.8. The molecule has 1 atom stereocenters. The number of ether oxygens (including phenoxy) is 1. The van der Waals surface area contributed by atoms with Crippen LogP contribution in [-0.4, -0.2) is 59.5 Å². The van der Waals surface area contributed by atoms with Gasteiger partial charge in [0.2, 0.25) is 0 Å². The molecule has 3 N–H and O–H groups in total. The van der Waals surface area contributed by atoms with Gasteiger partial charge in [-0.25, -0.2) is 9.78 Å². The molecule has 7 nitrogen and oxygen atoms in total. The van der Waals surface area contributed by atoms with Crippen LogP contribution in [0.2, 0.25) is 0 Å². The van der Waals surface area contributed by atoms with E-state index in [2.05, 4.69) is 9.88 Å². The molecule has 0 bridgehead atoms. The predicted molar refractivity (Wildman–Crippen MR) is 78.4 cm³/mol. The molecular formula is C14H20N4O3. The van der Waals surface area contributed by atoms with Gasteiger partial charge < -0.3 is 25.4 Å². The largest absolute Gasteiger partial charge is 0.465 e. The third kappa shape index (κ3) is 3.36. The maximum Gasteiger partial charge on any atom is 0.407 e. The number of rotatable bonds is 4. The van der Waals surface area contributed by atoms with Gasteiger partial charge in [-0.2, -0.15) is 0 Å². The second-order valence-corrected chi connectivity index (χ2v) is 5.55. The number of pyridine rings is 1. The lowest BCUT2D eigenvalue weighted by Gasteiger charge is -2.36. The highest BCUT2D eigenvalue weighted by Gasteiger charge is 2.35. The molecule has 1 saturated heterocycles. The van der Waals surface area contributed by atoms with Crippen molar-refractivity contribution in [2.45, 2.75) is 25.0 Å². The van der Waals surface area contributed by atoms with Crippen molar-refractivity contribution in [1.82, 2.24) is 9.88 Å². The number of hydrogen-bond donors (Lipinski definition) is 2. The van der Waals surface area contributed by atoms with E-state index in [1.54, 1.807) is 12.3 Å². The van der Waals surface area contributed by atoms with Gasteiger partial charge in [-0.1, -0.05) is 0 Å². The van der Waals surface area contributed by atoms with Gasteiger partial charge in [0.15, 0.2) is 0 Å². The summed E-state index contributed by atoms with van der Waals surface area (Å²) in [4.78, 5) is 19.0. The minimum absolute atomic E-state index is 0.104. The molecule has 7 heteroatoms. The molecule has 0 aromatic carbocycles. The summed E-state index contributed by atoms with van der Waals surface area (Å²) >= 11 is 0. The van der Waals surface area contributed by atoms with Crippen molar-refractivity contribution in [3.63, 3.8) is 0 Å². The highest BCUT2D eigenvalue weighted by atomic mass is 16.5. The van der Waals surface area contributed by atoms with Crippen LogP contribution in [-0.2, 0) is 4.74 Å². The number of carboxylic acid groups (broad SMARTS) is 1. The fourth-order valence-corrected chi connectivity index (χ4v) is 2.64. The molecule has 1 saturated carbocycles. The first-order valence-electron chi connectivity index (χ1n) is 7.21. The molecule has 2 heterocycles. The Hall–Kier alpha value is -2.02. The maximum atomic E-state index is 11.3. The van der Waals surface area contributed by atoms with E-state index in [4.69, 9.17) is 10.5 Å². The summed E-state index contributed by atoms with van der Waals surface area (Å²) in [7, 11) is 0. The van der Waals surface area contributed by atoms with E-state index in [0.29, 0.717) is 25.5 Å². The van der Waals surface area contributed by atoms with Crippen LogP contribution in [0.1, 0.15) is 12.8 Å². The molecule has 1 aliphatic carbocycles. The van der Waals surface area contributed by atoms with E-state index in [9.17, 15) is 9.90 Å². The van der Waals surface area contributed by atoms with Crippen LogP contribution in [0.4, 0.5) is 16.3 Å². The number of nitrogens with zero attached hydrogens (tertiary/aromatic N) is 3. The van der Waals surface area contributed by atoms with Gasteiger partial charge in [0, 0.05) is 19.1 Å². The second-order valence-electron chi connectivity index (χ2n) is 5.55. The van der Waals surface area contributed by atoms with Crippen molar-refractivity contribution in [3.05, 3.63) is 18.3 Å². The monoisotopic (exact) mass is 292 g/mol. The van der Waals surface area contributed by atoms with Gasteiger partial charge in [0.1, 0.15) is 5.82 Å². The Kier molecular flexibility index (Phi) is 3.83. The Morgan fingerprint density at radius 1 is 1.52 bits per heavy atom. The van der Waals surface area contributed by atoms with Crippen molar-refractivity contribution in [2.24, 2.45) is 0 Å². The van der Waals surface area contributed by atoms with Crippen molar-refractivity contribution in [1.29, 1.82) is 0 Å². The standard InChI is InChI=1S/C14H20N4O3/c15-13-4-3-11(7-16-13)17-5-6-21-12(8-17)9-18(14(19)20)10-1-2-10/h3-4,7,10,12H,1-2,5-6,8-9H2,(H2,15,16)(H,19,20). The van der Waals surface area contributed by atoms with Crippen LogP contribution in [0.3, 0.4) is 0 Å². The molecule has 0 spiro atoms. The van der Waals surface area contributed by atoms with Gasteiger partial charge in [-0.3, -0.25) is 0 Å². The van der Waals surface area contributed by atoms with Crippen molar-refractivity contribution in [3.8, 4) is 0 Å². The zero-order valence-electron chi connectivity index (χ0n) is 11.8. The van der Waals surface area contributed by atoms with Crippen LogP contribution in [0.5, 0.6) is 0 Å². The number of aromatic nitrogens is 1. The fourth-order valence-electron chi connectivity index (χ4n) is 2.64. The minimum Gasteiger partial charge on any atom is -0.465 e. The first kappa shape index (κ1) is 13.9. The van der Waals surface area contributed by atoms with E-state index < -0.39 is 6.09 Å². The second kappa shape index (κ2) is 5.77. The maximum absolute atomic E-state index is 11.3. The average molecular weight is 292 g/mol. The number of amides is 1. The topological polar surface area (TPSA) is 91.9 Å². The smallest absolute Gasteiger partial charge is 0.407 e. The minimum atomic E-state index is -0.854. The lowest BCUT2D eigenvalue weighted by Crippen LogP contribution is -2.49. The number of nitrogens with two attached hydrogens (primary N) is 1. The number of hydrogen-bond acceptors (Lipinski definition) is 5. The Balaban J connectivity index is 1.62. The lowest BCUT2D eigenvalue weighted by molar-refractivity contribution is 0.0159. The first-order chi connectivity index (χ1) is 10.1. The van der Waals surface area contributed by atoms with E-state index in [1.165, 1.54) is 4.90 Å². The highest BCUT2D eigenvalue weighted by molar-refractivity contribution is 5.66. The summed E-state index contributed by atoms with van der Waals surface area (Å²) in [6.07, 6.45) is 2.71. The summed E-state index contributed by atoms with van der Waals surface area (Å²) in [6, 6.07) is 3.88. The predicted octanol–water partition coefficient (Wildman–Crippen LogP) is 1.01. The van der Waals surface area contributed by atoms with Gasteiger partial charge in [-0.15, -0.1) is 0 Å². The number of carbonyl (C=O) groups is 1. The molecule has 1 aliphatic heterocycles. The van der Waals surface area contributed by atoms with Crippen LogP contribution >= 0.6 is 0 Å². The number of morpholine rings is 1. The number of anilines is 2. The Labute approximate surface area is 123 Å². The van der Waals surface area contributed by atoms with E-state index in [0.717, 1.165) is 25.1 Å². The molecule has 2 fully saturated rings. The van der Waals surface area contributed by atoms with E-state index >= 15 is 0 Å². The molecule has 1 aromatic rings. The molecule has 114 valence electrons. The molecule has 3 rings (SSSR count). The average Bonchev–Trinajstić information content (AvgIpc) is 3.30. The molecule has 1 unspecified atom stereocenters. The summed E-state index contributed by atoms with van der Waals surface area (Å²) in [5.41, 5.74) is 6.59. The molecule has 0 radical (unpaired) electrons. The summed E-state index contributed by atoms with van der Waals surface area (Å²) < 4.78 is 5.72. The third-order valence-corrected chi connectivity index (χ3v) is 3.91. The Morgan fingerprint density at radius 2 is 2.33 bits per heavy atom. The van der Waals surface area contributed by atoms with E-state index in [1.807, 2.05) is 6.07 Å². The molecular weight excluding hydrogens is 272 g/mol. The first-order valence-corrected chi connectivity index (χ1v) is 7.21. The van der Waals surface area contributed by atoms with Crippen molar-refractivity contribution < 1.29 is 14.6 Å². The van der Waals surface area contributed by atoms with Gasteiger partial charge in [0.05, 0.1) is 31.1 Å². The molecule has 1 amide bonds. The third-order valence-electron chi connectivity index (χ3n) is 3.91. The summed E-state index contributed by atoms with van der Waals surface area (Å²) in [5, 5.41) is 9.26. The van der Waals surface area contributed by atoms with Gasteiger partial charge in [0.25, 0.3) is 0 Å². The van der Waals surface area contributed by atoms with Crippen molar-refractivity contribution in [2.75, 3.05) is 36.9 Å². The van der Waals surface area contributed by atoms with Crippen molar-refractivity contribution >= 4 is 17.6 Å². The summed E-state index contributed by atoms with van der Waals surface area (Å²) in [6.45, 7) is 2.47. The van der Waals surface area contributed by atoms with Gasteiger partial charge >= 0.3 is 6.09 Å². The summed E-state index contributed by atoms with van der Waals surface area (Å²) in [5.74, 6) is 0.495. The van der Waals surface area contributed by atoms with E-state index in [-0.39, 0.29) is 12.1 Å². The quantitative estimate of drug-likeness (QED) is 0.860. The molecule has 2 aliphatic rings. The highest BCUT2D eigenvalue weighted by Crippen LogP contribution is 2.28. The van der Waals surface area contributed by atoms with Gasteiger partial charge in [-0.05, 0) is 25.0 Å². The molecule has 21 heavy (non-hydrogen) atoms. The van der Waals surface area contributed by atoms with Crippen LogP contribution in [0.25, 0.3) is 0 Å². The number of nitrogen functional groups attached to an aromatic ring is 1. The zero-order chi connectivity index (χ0) is 14.8. The SMILES string of the molecule is Nc1ccc(N2CCOC(CN(C(=O)O)C3CC3)C2)cn1. The van der Waals surface area contributed by atoms with Crippen LogP contribution in [0, 0.1) is 0 Å². The fraction of sp³-hybridized carbons (Fsp3) is 0.571.